The van der Waals surface area contributed by atoms with Crippen LogP contribution >= 0.6 is 0 Å². The van der Waals surface area contributed by atoms with Crippen molar-refractivity contribution in [3.63, 3.8) is 0 Å². The van der Waals surface area contributed by atoms with Crippen LogP contribution in [0.4, 0.5) is 14.5 Å². The second-order valence-electron chi connectivity index (χ2n) is 2.21. The normalized spacial score (nSPS) is 9.92. The summed E-state index contributed by atoms with van der Waals surface area (Å²) >= 11 is 0. The molecule has 0 bridgehead atoms. The molecule has 66 valence electrons. The maximum absolute atomic E-state index is 12.9. The molecule has 1 rings (SSSR count). The Morgan fingerprint density at radius 2 is 2.00 bits per heavy atom. The largest absolute Gasteiger partial charge is 0.491 e. The predicted octanol–water partition coefficient (Wildman–Crippen LogP) is 1.95. The summed E-state index contributed by atoms with van der Waals surface area (Å²) in [4.78, 5) is 0. The summed E-state index contributed by atoms with van der Waals surface area (Å²) in [6, 6.07) is 2.57. The van der Waals surface area contributed by atoms with E-state index in [4.69, 9.17) is 10.5 Å². The summed E-state index contributed by atoms with van der Waals surface area (Å²) in [7, 11) is 0. The molecule has 0 heterocycles. The van der Waals surface area contributed by atoms with E-state index in [2.05, 4.69) is 0 Å². The highest BCUT2D eigenvalue weighted by atomic mass is 19.2. The molecule has 12 heavy (non-hydrogen) atoms. The zero-order chi connectivity index (χ0) is 9.14. The molecule has 0 amide bonds. The summed E-state index contributed by atoms with van der Waals surface area (Å²) in [5, 5.41) is 0. The van der Waals surface area contributed by atoms with Crippen molar-refractivity contribution >= 4 is 5.69 Å². The first-order chi connectivity index (χ1) is 5.66. The number of ether oxygens (including phenoxy) is 1. The molecule has 0 fully saturated rings. The smallest absolute Gasteiger partial charge is 0.202 e. The topological polar surface area (TPSA) is 35.2 Å². The van der Waals surface area contributed by atoms with Crippen molar-refractivity contribution in [1.29, 1.82) is 0 Å². The molecule has 0 atom stereocenters. The van der Waals surface area contributed by atoms with Crippen LogP contribution in [0.2, 0.25) is 0 Å². The van der Waals surface area contributed by atoms with Gasteiger partial charge in [-0.2, -0.15) is 4.39 Å². The Morgan fingerprint density at radius 1 is 1.33 bits per heavy atom. The van der Waals surface area contributed by atoms with E-state index in [1.807, 2.05) is 0 Å². The molecular formula is C8H9F2NO. The van der Waals surface area contributed by atoms with E-state index in [1.165, 1.54) is 12.1 Å². The highest BCUT2D eigenvalue weighted by molar-refractivity contribution is 5.44. The van der Waals surface area contributed by atoms with Gasteiger partial charge in [-0.3, -0.25) is 0 Å². The Hall–Kier alpha value is -1.32. The zero-order valence-electron chi connectivity index (χ0n) is 6.60. The maximum Gasteiger partial charge on any atom is 0.202 e. The first-order valence-electron chi connectivity index (χ1n) is 3.53. The third-order valence-electron chi connectivity index (χ3n) is 1.38. The molecule has 0 saturated heterocycles. The monoisotopic (exact) mass is 173 g/mol. The summed E-state index contributed by atoms with van der Waals surface area (Å²) < 4.78 is 30.4. The number of nitrogen functional groups attached to an aromatic ring is 1. The second kappa shape index (κ2) is 3.38. The molecule has 0 spiro atoms. The third kappa shape index (κ3) is 1.47. The Bertz CT molecular complexity index is 289. The van der Waals surface area contributed by atoms with Gasteiger partial charge in [0, 0.05) is 0 Å². The van der Waals surface area contributed by atoms with Crippen LogP contribution in [0.3, 0.4) is 0 Å². The molecule has 0 aliphatic heterocycles. The molecule has 0 aliphatic rings. The molecule has 0 radical (unpaired) electrons. The fraction of sp³-hybridized carbons (Fsp3) is 0.250. The first-order valence-corrected chi connectivity index (χ1v) is 3.53. The second-order valence-corrected chi connectivity index (χ2v) is 2.21. The molecular weight excluding hydrogens is 164 g/mol. The van der Waals surface area contributed by atoms with E-state index in [-0.39, 0.29) is 11.4 Å². The molecule has 2 N–H and O–H groups in total. The minimum absolute atomic E-state index is 0.107. The van der Waals surface area contributed by atoms with E-state index in [1.54, 1.807) is 6.92 Å². The van der Waals surface area contributed by atoms with Gasteiger partial charge < -0.3 is 10.5 Å². The van der Waals surface area contributed by atoms with Crippen LogP contribution in [0, 0.1) is 11.6 Å². The Kier molecular flexibility index (Phi) is 2.47. The van der Waals surface area contributed by atoms with E-state index < -0.39 is 11.6 Å². The van der Waals surface area contributed by atoms with Crippen molar-refractivity contribution in [3.8, 4) is 5.75 Å². The highest BCUT2D eigenvalue weighted by Gasteiger charge is 2.11. The van der Waals surface area contributed by atoms with E-state index in [0.717, 1.165) is 0 Å². The van der Waals surface area contributed by atoms with E-state index in [9.17, 15) is 8.78 Å². The lowest BCUT2D eigenvalue weighted by atomic mass is 10.3. The Labute approximate surface area is 68.9 Å². The van der Waals surface area contributed by atoms with E-state index >= 15 is 0 Å². The van der Waals surface area contributed by atoms with Gasteiger partial charge in [-0.05, 0) is 19.1 Å². The summed E-state index contributed by atoms with van der Waals surface area (Å²) in [5.41, 5.74) is 4.90. The third-order valence-corrected chi connectivity index (χ3v) is 1.38. The van der Waals surface area contributed by atoms with Crippen molar-refractivity contribution in [3.05, 3.63) is 23.8 Å². The fourth-order valence-electron chi connectivity index (χ4n) is 0.814. The lowest BCUT2D eigenvalue weighted by molar-refractivity contribution is 0.314. The number of benzene rings is 1. The van der Waals surface area contributed by atoms with Crippen LogP contribution in [0.5, 0.6) is 5.75 Å². The van der Waals surface area contributed by atoms with Gasteiger partial charge in [0.1, 0.15) is 0 Å². The van der Waals surface area contributed by atoms with Gasteiger partial charge in [0.25, 0.3) is 0 Å². The fourth-order valence-corrected chi connectivity index (χ4v) is 0.814. The number of halogens is 2. The predicted molar refractivity (Wildman–Crippen MR) is 41.9 cm³/mol. The molecule has 1 aromatic carbocycles. The lowest BCUT2D eigenvalue weighted by Gasteiger charge is -2.05. The Balaban J connectivity index is 3.08. The molecule has 2 nitrogen and oxygen atoms in total. The average Bonchev–Trinajstić information content (AvgIpc) is 2.07. The SMILES string of the molecule is CCOc1ccc(N)c(F)c1F. The first kappa shape index (κ1) is 8.77. The van der Waals surface area contributed by atoms with Crippen LogP contribution in [0.15, 0.2) is 12.1 Å². The maximum atomic E-state index is 12.9. The van der Waals surface area contributed by atoms with Gasteiger partial charge in [0.05, 0.1) is 12.3 Å². The molecule has 0 unspecified atom stereocenters. The molecule has 1 aromatic rings. The van der Waals surface area contributed by atoms with Gasteiger partial charge in [-0.25, -0.2) is 4.39 Å². The van der Waals surface area contributed by atoms with Crippen LogP contribution < -0.4 is 10.5 Å². The number of nitrogens with two attached hydrogens (primary N) is 1. The number of rotatable bonds is 2. The lowest BCUT2D eigenvalue weighted by Crippen LogP contribution is -1.99. The Morgan fingerprint density at radius 3 is 2.58 bits per heavy atom. The van der Waals surface area contributed by atoms with Gasteiger partial charge in [0.15, 0.2) is 11.6 Å². The summed E-state index contributed by atoms with van der Waals surface area (Å²) in [6.45, 7) is 1.98. The van der Waals surface area contributed by atoms with Crippen LogP contribution in [-0.2, 0) is 0 Å². The van der Waals surface area contributed by atoms with Crippen molar-refractivity contribution in [2.45, 2.75) is 6.92 Å². The molecule has 0 aliphatic carbocycles. The molecule has 0 aromatic heterocycles. The van der Waals surface area contributed by atoms with Gasteiger partial charge >= 0.3 is 0 Å². The average molecular weight is 173 g/mol. The van der Waals surface area contributed by atoms with Crippen molar-refractivity contribution in [2.24, 2.45) is 0 Å². The highest BCUT2D eigenvalue weighted by Crippen LogP contribution is 2.23. The number of hydrogen-bond donors (Lipinski definition) is 1. The van der Waals surface area contributed by atoms with Crippen molar-refractivity contribution in [1.82, 2.24) is 0 Å². The van der Waals surface area contributed by atoms with Gasteiger partial charge in [-0.1, -0.05) is 0 Å². The minimum Gasteiger partial charge on any atom is -0.491 e. The standard InChI is InChI=1S/C8H9F2NO/c1-2-12-6-4-3-5(11)7(9)8(6)10/h3-4H,2,11H2,1H3. The van der Waals surface area contributed by atoms with E-state index in [0.29, 0.717) is 6.61 Å². The quantitative estimate of drug-likeness (QED) is 0.693. The van der Waals surface area contributed by atoms with Crippen molar-refractivity contribution in [2.75, 3.05) is 12.3 Å². The van der Waals surface area contributed by atoms with Gasteiger partial charge in [-0.15, -0.1) is 0 Å². The summed E-state index contributed by atoms with van der Waals surface area (Å²) in [6.07, 6.45) is 0. The summed E-state index contributed by atoms with van der Waals surface area (Å²) in [5.74, 6) is -2.19. The van der Waals surface area contributed by atoms with Crippen LogP contribution in [0.1, 0.15) is 6.92 Å². The van der Waals surface area contributed by atoms with Crippen LogP contribution in [0.25, 0.3) is 0 Å². The van der Waals surface area contributed by atoms with Gasteiger partial charge in [0.2, 0.25) is 5.82 Å². The molecule has 4 heteroatoms. The van der Waals surface area contributed by atoms with Crippen LogP contribution in [-0.4, -0.2) is 6.61 Å². The number of anilines is 1. The number of hydrogen-bond acceptors (Lipinski definition) is 2. The zero-order valence-corrected chi connectivity index (χ0v) is 6.60. The van der Waals surface area contributed by atoms with Crippen molar-refractivity contribution < 1.29 is 13.5 Å². The minimum atomic E-state index is -1.05. The molecule has 0 saturated carbocycles.